The van der Waals surface area contributed by atoms with Crippen LogP contribution in [0.4, 0.5) is 11.4 Å². The number of benzene rings is 3. The van der Waals surface area contributed by atoms with Gasteiger partial charge in [0.1, 0.15) is 24.0 Å². The number of carbonyl (C=O) groups is 2. The van der Waals surface area contributed by atoms with Crippen molar-refractivity contribution in [2.45, 2.75) is 32.9 Å². The summed E-state index contributed by atoms with van der Waals surface area (Å²) in [6, 6.07) is 19.2. The van der Waals surface area contributed by atoms with Crippen LogP contribution in [-0.2, 0) is 32.6 Å². The second kappa shape index (κ2) is 13.8. The number of anilines is 1. The normalized spacial score (nSPS) is 11.8. The number of rotatable bonds is 13. The predicted octanol–water partition coefficient (Wildman–Crippen LogP) is 3.45. The second-order valence-corrected chi connectivity index (χ2v) is 11.4. The van der Waals surface area contributed by atoms with Crippen LogP contribution in [0.3, 0.4) is 0 Å². The number of nitrogens with one attached hydrogen (secondary N) is 1. The van der Waals surface area contributed by atoms with E-state index in [2.05, 4.69) is 5.32 Å². The number of nitro benzene ring substituents is 1. The van der Waals surface area contributed by atoms with Crippen LogP contribution in [0.5, 0.6) is 5.75 Å². The topological polar surface area (TPSA) is 139 Å². The molecule has 1 N–H and O–H groups in total. The lowest BCUT2D eigenvalue weighted by atomic mass is 10.0. The summed E-state index contributed by atoms with van der Waals surface area (Å²) in [6.07, 6.45) is 1.08. The molecule has 0 radical (unpaired) electrons. The molecule has 12 heteroatoms. The minimum Gasteiger partial charge on any atom is -0.495 e. The molecule has 1 atom stereocenters. The van der Waals surface area contributed by atoms with E-state index in [0.29, 0.717) is 6.54 Å². The van der Waals surface area contributed by atoms with E-state index in [1.807, 2.05) is 61.5 Å². The molecule has 0 aliphatic carbocycles. The third-order valence-electron chi connectivity index (χ3n) is 6.38. The van der Waals surface area contributed by atoms with Crippen molar-refractivity contribution in [2.75, 3.05) is 30.8 Å². The van der Waals surface area contributed by atoms with Gasteiger partial charge >= 0.3 is 0 Å². The Morgan fingerprint density at radius 3 is 2.29 bits per heavy atom. The first kappa shape index (κ1) is 31.1. The maximum Gasteiger partial charge on any atom is 0.271 e. The Bertz CT molecular complexity index is 1500. The number of likely N-dealkylation sites (N-methyl/N-ethyl adjacent to an activating group) is 1. The standard InChI is InChI=1S/C29H34N4O7S/c1-5-30-29(35)26(17-22-11-7-6-8-12-22)31(19-23-13-9-10-21(2)16-23)28(34)20-32(41(4,38)39)25-18-24(33(36)37)14-15-27(25)40-3/h6-16,18,26H,5,17,19-20H2,1-4H3,(H,30,35)/t26-/m0/s1. The van der Waals surface area contributed by atoms with Crippen LogP contribution in [0.15, 0.2) is 72.8 Å². The van der Waals surface area contributed by atoms with E-state index < -0.39 is 39.3 Å². The van der Waals surface area contributed by atoms with Crippen LogP contribution in [0.25, 0.3) is 0 Å². The van der Waals surface area contributed by atoms with Gasteiger partial charge in [-0.3, -0.25) is 24.0 Å². The molecule has 0 aliphatic heterocycles. The Kier molecular flexibility index (Phi) is 10.4. The van der Waals surface area contributed by atoms with Gasteiger partial charge in [-0.05, 0) is 31.0 Å². The molecule has 3 aromatic rings. The first-order valence-electron chi connectivity index (χ1n) is 12.9. The molecule has 0 aromatic heterocycles. The molecule has 0 heterocycles. The van der Waals surface area contributed by atoms with Gasteiger partial charge in [-0.25, -0.2) is 8.42 Å². The maximum atomic E-state index is 14.1. The summed E-state index contributed by atoms with van der Waals surface area (Å²) in [7, 11) is -2.84. The molecule has 0 saturated carbocycles. The zero-order valence-electron chi connectivity index (χ0n) is 23.4. The summed E-state index contributed by atoms with van der Waals surface area (Å²) in [5.41, 5.74) is 1.98. The number of amides is 2. The van der Waals surface area contributed by atoms with E-state index in [1.54, 1.807) is 6.92 Å². The van der Waals surface area contributed by atoms with E-state index in [-0.39, 0.29) is 30.1 Å². The van der Waals surface area contributed by atoms with Gasteiger partial charge in [-0.15, -0.1) is 0 Å². The van der Waals surface area contributed by atoms with Crippen molar-refractivity contribution in [1.82, 2.24) is 10.2 Å². The van der Waals surface area contributed by atoms with Crippen LogP contribution >= 0.6 is 0 Å². The Morgan fingerprint density at radius 1 is 1.02 bits per heavy atom. The first-order valence-corrected chi connectivity index (χ1v) is 14.8. The molecule has 2 amide bonds. The molecular weight excluding hydrogens is 548 g/mol. The van der Waals surface area contributed by atoms with E-state index in [1.165, 1.54) is 24.1 Å². The molecule has 0 bridgehead atoms. The zero-order chi connectivity index (χ0) is 30.2. The fourth-order valence-electron chi connectivity index (χ4n) is 4.43. The molecule has 11 nitrogen and oxygen atoms in total. The molecule has 3 rings (SSSR count). The number of methoxy groups -OCH3 is 1. The summed E-state index contributed by atoms with van der Waals surface area (Å²) < 4.78 is 32.0. The Balaban J connectivity index is 2.11. The smallest absolute Gasteiger partial charge is 0.271 e. The number of hydrogen-bond donors (Lipinski definition) is 1. The average Bonchev–Trinajstić information content (AvgIpc) is 2.93. The highest BCUT2D eigenvalue weighted by molar-refractivity contribution is 7.92. The average molecular weight is 583 g/mol. The summed E-state index contributed by atoms with van der Waals surface area (Å²) in [5.74, 6) is -1.03. The minimum absolute atomic E-state index is 0.0266. The number of hydrogen-bond acceptors (Lipinski definition) is 7. The molecule has 3 aromatic carbocycles. The number of carbonyl (C=O) groups excluding carboxylic acids is 2. The van der Waals surface area contributed by atoms with Gasteiger partial charge < -0.3 is 15.0 Å². The number of ether oxygens (including phenoxy) is 1. The van der Waals surface area contributed by atoms with Crippen molar-refractivity contribution in [2.24, 2.45) is 0 Å². The predicted molar refractivity (Wildman–Crippen MR) is 156 cm³/mol. The lowest BCUT2D eigenvalue weighted by Gasteiger charge is -2.33. The van der Waals surface area contributed by atoms with E-state index in [9.17, 15) is 28.1 Å². The maximum absolute atomic E-state index is 14.1. The highest BCUT2D eigenvalue weighted by Gasteiger charge is 2.34. The molecule has 0 saturated heterocycles. The highest BCUT2D eigenvalue weighted by Crippen LogP contribution is 2.34. The molecular formula is C29H34N4O7S. The van der Waals surface area contributed by atoms with Crippen molar-refractivity contribution in [3.8, 4) is 5.75 Å². The molecule has 0 spiro atoms. The Hall–Kier alpha value is -4.45. The SMILES string of the molecule is CCNC(=O)[C@H](Cc1ccccc1)N(Cc1cccc(C)c1)C(=O)CN(c1cc([N+](=O)[O-])ccc1OC)S(C)(=O)=O. The Morgan fingerprint density at radius 2 is 1.71 bits per heavy atom. The largest absolute Gasteiger partial charge is 0.495 e. The van der Waals surface area contributed by atoms with Crippen molar-refractivity contribution in [3.63, 3.8) is 0 Å². The monoisotopic (exact) mass is 582 g/mol. The zero-order valence-corrected chi connectivity index (χ0v) is 24.3. The third kappa shape index (κ3) is 8.27. The quantitative estimate of drug-likeness (QED) is 0.241. The van der Waals surface area contributed by atoms with Gasteiger partial charge in [-0.2, -0.15) is 0 Å². The van der Waals surface area contributed by atoms with Crippen molar-refractivity contribution >= 4 is 33.2 Å². The van der Waals surface area contributed by atoms with Crippen LogP contribution in [0.1, 0.15) is 23.6 Å². The first-order chi connectivity index (χ1) is 19.4. The fourth-order valence-corrected chi connectivity index (χ4v) is 5.28. The minimum atomic E-state index is -4.13. The van der Waals surface area contributed by atoms with Crippen LogP contribution < -0.4 is 14.4 Å². The lowest BCUT2D eigenvalue weighted by molar-refractivity contribution is -0.384. The molecule has 41 heavy (non-hydrogen) atoms. The second-order valence-electron chi connectivity index (χ2n) is 9.49. The van der Waals surface area contributed by atoms with Gasteiger partial charge in [0, 0.05) is 31.6 Å². The van der Waals surface area contributed by atoms with Crippen molar-refractivity contribution in [3.05, 3.63) is 99.6 Å². The van der Waals surface area contributed by atoms with Crippen LogP contribution in [-0.4, -0.2) is 62.6 Å². The summed E-state index contributed by atoms with van der Waals surface area (Å²) in [5, 5.41) is 14.3. The van der Waals surface area contributed by atoms with E-state index in [4.69, 9.17) is 4.74 Å². The lowest BCUT2D eigenvalue weighted by Crippen LogP contribution is -2.53. The van der Waals surface area contributed by atoms with E-state index in [0.717, 1.165) is 33.3 Å². The fraction of sp³-hybridized carbons (Fsp3) is 0.310. The van der Waals surface area contributed by atoms with Crippen LogP contribution in [0, 0.1) is 17.0 Å². The van der Waals surface area contributed by atoms with Gasteiger partial charge in [0.05, 0.1) is 18.3 Å². The molecule has 0 fully saturated rings. The number of aryl methyl sites for hydroxylation is 1. The summed E-state index contributed by atoms with van der Waals surface area (Å²) in [4.78, 5) is 39.6. The number of nitro groups is 1. The van der Waals surface area contributed by atoms with E-state index >= 15 is 0 Å². The summed E-state index contributed by atoms with van der Waals surface area (Å²) >= 11 is 0. The van der Waals surface area contributed by atoms with Crippen molar-refractivity contribution < 1.29 is 27.7 Å². The highest BCUT2D eigenvalue weighted by atomic mass is 32.2. The third-order valence-corrected chi connectivity index (χ3v) is 7.51. The summed E-state index contributed by atoms with van der Waals surface area (Å²) in [6.45, 7) is 3.31. The molecule has 218 valence electrons. The number of sulfonamides is 1. The van der Waals surface area contributed by atoms with Gasteiger partial charge in [0.2, 0.25) is 21.8 Å². The number of non-ortho nitro benzene ring substituents is 1. The Labute approximate surface area is 239 Å². The molecule has 0 unspecified atom stereocenters. The van der Waals surface area contributed by atoms with Gasteiger partial charge in [-0.1, -0.05) is 60.2 Å². The van der Waals surface area contributed by atoms with Crippen LogP contribution in [0.2, 0.25) is 0 Å². The van der Waals surface area contributed by atoms with Gasteiger partial charge in [0.25, 0.3) is 5.69 Å². The van der Waals surface area contributed by atoms with Gasteiger partial charge in [0.15, 0.2) is 0 Å². The molecule has 0 aliphatic rings. The number of nitrogens with zero attached hydrogens (tertiary/aromatic N) is 3. The van der Waals surface area contributed by atoms with Crippen molar-refractivity contribution in [1.29, 1.82) is 0 Å².